The van der Waals surface area contributed by atoms with Crippen LogP contribution in [0.2, 0.25) is 5.02 Å². The molecule has 108 valence electrons. The molecule has 0 saturated carbocycles. The van der Waals surface area contributed by atoms with Crippen molar-refractivity contribution in [2.24, 2.45) is 0 Å². The van der Waals surface area contributed by atoms with Gasteiger partial charge in [-0.15, -0.1) is 0 Å². The van der Waals surface area contributed by atoms with Crippen molar-refractivity contribution in [1.29, 1.82) is 0 Å². The largest absolute Gasteiger partial charge is 0.480 e. The first kappa shape index (κ1) is 14.9. The van der Waals surface area contributed by atoms with Crippen LogP contribution >= 0.6 is 11.6 Å². The molecule has 0 spiro atoms. The highest BCUT2D eigenvalue weighted by molar-refractivity contribution is 6.30. The Balaban J connectivity index is 2.23. The number of amides is 1. The summed E-state index contributed by atoms with van der Waals surface area (Å²) in [6.45, 7) is -0.522. The fourth-order valence-electron chi connectivity index (χ4n) is 1.68. The number of rotatable bonds is 4. The molecule has 5 nitrogen and oxygen atoms in total. The first-order valence-electron chi connectivity index (χ1n) is 6.08. The average molecular weight is 306 g/mol. The predicted octanol–water partition coefficient (Wildman–Crippen LogP) is 3.43. The lowest BCUT2D eigenvalue weighted by Gasteiger charge is -2.20. The fraction of sp³-hybridized carbons (Fsp3) is 0.0667. The van der Waals surface area contributed by atoms with Crippen molar-refractivity contribution in [1.82, 2.24) is 0 Å². The van der Waals surface area contributed by atoms with Crippen molar-refractivity contribution >= 4 is 29.4 Å². The molecular formula is C15H12ClNO4. The topological polar surface area (TPSA) is 66.8 Å². The molecule has 0 aromatic heterocycles. The second-order valence-corrected chi connectivity index (χ2v) is 4.58. The van der Waals surface area contributed by atoms with Gasteiger partial charge in [-0.1, -0.05) is 35.9 Å². The van der Waals surface area contributed by atoms with Gasteiger partial charge in [0.15, 0.2) is 0 Å². The SMILES string of the molecule is O=C(O)CN(C(=O)Oc1ccccc1)c1cccc(Cl)c1. The predicted molar refractivity (Wildman–Crippen MR) is 78.9 cm³/mol. The lowest BCUT2D eigenvalue weighted by Crippen LogP contribution is -2.37. The van der Waals surface area contributed by atoms with Crippen LogP contribution in [0.15, 0.2) is 54.6 Å². The van der Waals surface area contributed by atoms with Crippen molar-refractivity contribution < 1.29 is 19.4 Å². The second kappa shape index (κ2) is 6.76. The zero-order chi connectivity index (χ0) is 15.2. The summed E-state index contributed by atoms with van der Waals surface area (Å²) in [6.07, 6.45) is -0.786. The summed E-state index contributed by atoms with van der Waals surface area (Å²) in [4.78, 5) is 24.1. The van der Waals surface area contributed by atoms with E-state index in [4.69, 9.17) is 21.4 Å². The summed E-state index contributed by atoms with van der Waals surface area (Å²) < 4.78 is 5.15. The molecule has 21 heavy (non-hydrogen) atoms. The lowest BCUT2D eigenvalue weighted by atomic mass is 10.3. The van der Waals surface area contributed by atoms with Gasteiger partial charge in [0.05, 0.1) is 0 Å². The number of halogens is 1. The minimum Gasteiger partial charge on any atom is -0.480 e. The van der Waals surface area contributed by atoms with E-state index in [9.17, 15) is 9.59 Å². The molecule has 6 heteroatoms. The average Bonchev–Trinajstić information content (AvgIpc) is 2.45. The van der Waals surface area contributed by atoms with Crippen LogP contribution in [0.25, 0.3) is 0 Å². The highest BCUT2D eigenvalue weighted by Crippen LogP contribution is 2.21. The number of carboxylic acids is 1. The number of hydrogen-bond donors (Lipinski definition) is 1. The second-order valence-electron chi connectivity index (χ2n) is 4.14. The molecule has 0 aliphatic heterocycles. The van der Waals surface area contributed by atoms with Gasteiger partial charge in [-0.05, 0) is 30.3 Å². The van der Waals surface area contributed by atoms with E-state index in [2.05, 4.69) is 0 Å². The number of para-hydroxylation sites is 1. The van der Waals surface area contributed by atoms with Crippen molar-refractivity contribution in [2.75, 3.05) is 11.4 Å². The van der Waals surface area contributed by atoms with E-state index in [1.807, 2.05) is 0 Å². The van der Waals surface area contributed by atoms with Gasteiger partial charge in [0, 0.05) is 10.7 Å². The smallest absolute Gasteiger partial charge is 0.420 e. The van der Waals surface area contributed by atoms with E-state index in [1.54, 1.807) is 48.5 Å². The van der Waals surface area contributed by atoms with Crippen LogP contribution in [-0.4, -0.2) is 23.7 Å². The third-order valence-electron chi connectivity index (χ3n) is 2.58. The maximum absolute atomic E-state index is 12.2. The van der Waals surface area contributed by atoms with Crippen LogP contribution < -0.4 is 9.64 Å². The first-order chi connectivity index (χ1) is 10.1. The summed E-state index contributed by atoms with van der Waals surface area (Å²) in [5.41, 5.74) is 0.353. The van der Waals surface area contributed by atoms with Gasteiger partial charge in [0.25, 0.3) is 0 Å². The van der Waals surface area contributed by atoms with E-state index in [1.165, 1.54) is 6.07 Å². The molecule has 0 unspecified atom stereocenters. The number of carboxylic acid groups (broad SMARTS) is 1. The van der Waals surface area contributed by atoms with Gasteiger partial charge in [-0.3, -0.25) is 9.69 Å². The highest BCUT2D eigenvalue weighted by atomic mass is 35.5. The Morgan fingerprint density at radius 1 is 1.10 bits per heavy atom. The van der Waals surface area contributed by atoms with Crippen LogP contribution in [0, 0.1) is 0 Å². The number of aliphatic carboxylic acids is 1. The Kier molecular flexibility index (Phi) is 4.79. The van der Waals surface area contributed by atoms with Gasteiger partial charge in [0.1, 0.15) is 12.3 Å². The quantitative estimate of drug-likeness (QED) is 0.939. The Morgan fingerprint density at radius 3 is 2.43 bits per heavy atom. The van der Waals surface area contributed by atoms with Crippen LogP contribution in [-0.2, 0) is 4.79 Å². The molecule has 0 bridgehead atoms. The first-order valence-corrected chi connectivity index (χ1v) is 6.46. The molecule has 0 heterocycles. The third-order valence-corrected chi connectivity index (χ3v) is 2.82. The zero-order valence-electron chi connectivity index (χ0n) is 10.9. The molecule has 1 amide bonds. The van der Waals surface area contributed by atoms with Gasteiger partial charge in [-0.2, -0.15) is 0 Å². The summed E-state index contributed by atoms with van der Waals surface area (Å²) >= 11 is 5.86. The maximum Gasteiger partial charge on any atom is 0.420 e. The summed E-state index contributed by atoms with van der Waals surface area (Å²) in [6, 6.07) is 14.8. The lowest BCUT2D eigenvalue weighted by molar-refractivity contribution is -0.135. The molecule has 1 N–H and O–H groups in total. The van der Waals surface area contributed by atoms with Crippen LogP contribution in [0.1, 0.15) is 0 Å². The number of anilines is 1. The Bertz CT molecular complexity index is 645. The molecule has 0 aliphatic carbocycles. The Hall–Kier alpha value is -2.53. The molecule has 2 rings (SSSR count). The van der Waals surface area contributed by atoms with Crippen LogP contribution in [0.3, 0.4) is 0 Å². The van der Waals surface area contributed by atoms with Gasteiger partial charge >= 0.3 is 12.1 Å². The zero-order valence-corrected chi connectivity index (χ0v) is 11.7. The van der Waals surface area contributed by atoms with Crippen molar-refractivity contribution in [3.63, 3.8) is 0 Å². The number of carbonyl (C=O) groups is 2. The number of nitrogens with zero attached hydrogens (tertiary/aromatic N) is 1. The number of carbonyl (C=O) groups excluding carboxylic acids is 1. The minimum atomic E-state index is -1.15. The molecule has 2 aromatic carbocycles. The molecular weight excluding hydrogens is 294 g/mol. The standard InChI is InChI=1S/C15H12ClNO4/c16-11-5-4-6-12(9-11)17(10-14(18)19)15(20)21-13-7-2-1-3-8-13/h1-9H,10H2,(H,18,19). The maximum atomic E-state index is 12.2. The molecule has 0 aliphatic rings. The summed E-state index contributed by atoms with van der Waals surface area (Å²) in [5, 5.41) is 9.35. The van der Waals surface area contributed by atoms with Gasteiger partial charge in [0.2, 0.25) is 0 Å². The molecule has 0 radical (unpaired) electrons. The van der Waals surface area contributed by atoms with Crippen LogP contribution in [0.4, 0.5) is 10.5 Å². The highest BCUT2D eigenvalue weighted by Gasteiger charge is 2.21. The molecule has 2 aromatic rings. The normalized spacial score (nSPS) is 9.95. The third kappa shape index (κ3) is 4.22. The van der Waals surface area contributed by atoms with E-state index in [0.717, 1.165) is 4.90 Å². The minimum absolute atomic E-state index is 0.333. The summed E-state index contributed by atoms with van der Waals surface area (Å²) in [5.74, 6) is -0.820. The van der Waals surface area contributed by atoms with Crippen molar-refractivity contribution in [2.45, 2.75) is 0 Å². The van der Waals surface area contributed by atoms with Crippen molar-refractivity contribution in [3.05, 3.63) is 59.6 Å². The fourth-order valence-corrected chi connectivity index (χ4v) is 1.87. The number of benzene rings is 2. The summed E-state index contributed by atoms with van der Waals surface area (Å²) in [7, 11) is 0. The Morgan fingerprint density at radius 2 is 1.81 bits per heavy atom. The van der Waals surface area contributed by atoms with E-state index in [-0.39, 0.29) is 0 Å². The van der Waals surface area contributed by atoms with E-state index in [0.29, 0.717) is 16.5 Å². The van der Waals surface area contributed by atoms with Gasteiger partial charge in [-0.25, -0.2) is 4.79 Å². The monoisotopic (exact) mass is 305 g/mol. The van der Waals surface area contributed by atoms with Crippen molar-refractivity contribution in [3.8, 4) is 5.75 Å². The molecule has 0 saturated heterocycles. The number of ether oxygens (including phenoxy) is 1. The van der Waals surface area contributed by atoms with E-state index < -0.39 is 18.6 Å². The molecule has 0 fully saturated rings. The number of hydrogen-bond acceptors (Lipinski definition) is 3. The molecule has 0 atom stereocenters. The van der Waals surface area contributed by atoms with Gasteiger partial charge < -0.3 is 9.84 Å². The van der Waals surface area contributed by atoms with E-state index >= 15 is 0 Å². The Labute approximate surface area is 126 Å². The van der Waals surface area contributed by atoms with Crippen LogP contribution in [0.5, 0.6) is 5.75 Å².